The number of nitrogens with zero attached hydrogens (tertiary/aromatic N) is 3. The number of sulfonamides is 1. The van der Waals surface area contributed by atoms with Gasteiger partial charge in [0, 0.05) is 37.3 Å². The summed E-state index contributed by atoms with van der Waals surface area (Å²) in [5.74, 6) is 0. The van der Waals surface area contributed by atoms with Crippen molar-refractivity contribution in [1.29, 1.82) is 0 Å². The van der Waals surface area contributed by atoms with Gasteiger partial charge in [0.15, 0.2) is 0 Å². The number of aromatic nitrogens is 2. The van der Waals surface area contributed by atoms with Crippen molar-refractivity contribution < 1.29 is 8.42 Å². The molecule has 1 aliphatic heterocycles. The highest BCUT2D eigenvalue weighted by Gasteiger charge is 2.26. The Labute approximate surface area is 134 Å². The molecule has 0 spiro atoms. The zero-order chi connectivity index (χ0) is 15.7. The molecular formula is C14H20N4O2S2. The largest absolute Gasteiger partial charge is 0.290 e. The van der Waals surface area contributed by atoms with Crippen LogP contribution in [0.25, 0.3) is 0 Å². The van der Waals surface area contributed by atoms with Gasteiger partial charge >= 0.3 is 0 Å². The van der Waals surface area contributed by atoms with Crippen molar-refractivity contribution in [3.63, 3.8) is 0 Å². The molecular weight excluding hydrogens is 320 g/mol. The van der Waals surface area contributed by atoms with E-state index in [1.807, 2.05) is 10.7 Å². The van der Waals surface area contributed by atoms with Crippen LogP contribution in [0.4, 0.5) is 0 Å². The van der Waals surface area contributed by atoms with Gasteiger partial charge in [0.2, 0.25) is 10.0 Å². The number of fused-ring (bicyclic) bond motifs is 1. The van der Waals surface area contributed by atoms with Crippen LogP contribution in [-0.4, -0.2) is 42.4 Å². The van der Waals surface area contributed by atoms with E-state index in [2.05, 4.69) is 33.1 Å². The molecule has 0 amide bonds. The average molecular weight is 340 g/mol. The molecule has 0 saturated carbocycles. The molecule has 1 atom stereocenters. The summed E-state index contributed by atoms with van der Waals surface area (Å²) in [7, 11) is -3.19. The molecule has 0 aliphatic carbocycles. The highest BCUT2D eigenvalue weighted by Crippen LogP contribution is 2.24. The van der Waals surface area contributed by atoms with Gasteiger partial charge in [-0.3, -0.25) is 9.58 Å². The number of aryl methyl sites for hydroxylation is 1. The predicted molar refractivity (Wildman–Crippen MR) is 87.3 cm³/mol. The van der Waals surface area contributed by atoms with Gasteiger partial charge in [-0.25, -0.2) is 13.1 Å². The van der Waals surface area contributed by atoms with Gasteiger partial charge < -0.3 is 0 Å². The fraction of sp³-hybridized carbons (Fsp3) is 0.500. The van der Waals surface area contributed by atoms with Gasteiger partial charge in [-0.2, -0.15) is 5.10 Å². The minimum Gasteiger partial charge on any atom is -0.290 e. The van der Waals surface area contributed by atoms with Crippen LogP contribution in [-0.2, 0) is 23.1 Å². The number of rotatable bonds is 5. The van der Waals surface area contributed by atoms with E-state index in [9.17, 15) is 8.42 Å². The van der Waals surface area contributed by atoms with Crippen molar-refractivity contribution in [2.24, 2.45) is 0 Å². The predicted octanol–water partition coefficient (Wildman–Crippen LogP) is 1.36. The van der Waals surface area contributed by atoms with Crippen molar-refractivity contribution in [3.05, 3.63) is 39.8 Å². The minimum absolute atomic E-state index is 0.0220. The molecule has 0 unspecified atom stereocenters. The average Bonchev–Trinajstić information content (AvgIpc) is 3.05. The molecule has 3 heterocycles. The Kier molecular flexibility index (Phi) is 4.35. The van der Waals surface area contributed by atoms with Crippen molar-refractivity contribution in [2.75, 3.05) is 19.3 Å². The Morgan fingerprint density at radius 2 is 2.27 bits per heavy atom. The van der Waals surface area contributed by atoms with Gasteiger partial charge in [-0.05, 0) is 30.0 Å². The molecule has 2 aromatic rings. The van der Waals surface area contributed by atoms with Crippen LogP contribution in [0.15, 0.2) is 23.7 Å². The summed E-state index contributed by atoms with van der Waals surface area (Å²) in [5, 5.41) is 6.46. The Hall–Kier alpha value is -1.22. The lowest BCUT2D eigenvalue weighted by atomic mass is 10.1. The summed E-state index contributed by atoms with van der Waals surface area (Å²) in [6, 6.07) is 4.16. The highest BCUT2D eigenvalue weighted by atomic mass is 32.2. The van der Waals surface area contributed by atoms with Gasteiger partial charge in [0.25, 0.3) is 0 Å². The van der Waals surface area contributed by atoms with Gasteiger partial charge in [-0.1, -0.05) is 0 Å². The van der Waals surface area contributed by atoms with E-state index in [1.165, 1.54) is 16.7 Å². The first-order valence-electron chi connectivity index (χ1n) is 7.15. The van der Waals surface area contributed by atoms with Crippen LogP contribution >= 0.6 is 11.3 Å². The van der Waals surface area contributed by atoms with Crippen LogP contribution in [0.2, 0.25) is 0 Å². The van der Waals surface area contributed by atoms with E-state index in [4.69, 9.17) is 0 Å². The standard InChI is InChI=1S/C14H20N4O2S2/c1-11-4-6-21-14(11)10-17-8-12-3-5-15-18(12)13(9-17)7-16-22(2,19)20/h3-6,13,16H,7-10H2,1-2H3/t13-/m0/s1. The van der Waals surface area contributed by atoms with Crippen LogP contribution in [0.1, 0.15) is 22.2 Å². The van der Waals surface area contributed by atoms with Gasteiger partial charge in [0.05, 0.1) is 18.0 Å². The lowest BCUT2D eigenvalue weighted by Crippen LogP contribution is -2.42. The second-order valence-electron chi connectivity index (χ2n) is 5.74. The van der Waals surface area contributed by atoms with E-state index in [-0.39, 0.29) is 6.04 Å². The van der Waals surface area contributed by atoms with Crippen molar-refractivity contribution in [3.8, 4) is 0 Å². The third kappa shape index (κ3) is 3.57. The number of hydrogen-bond donors (Lipinski definition) is 1. The van der Waals surface area contributed by atoms with Crippen molar-refractivity contribution >= 4 is 21.4 Å². The molecule has 0 saturated heterocycles. The van der Waals surface area contributed by atoms with E-state index in [0.29, 0.717) is 6.54 Å². The lowest BCUT2D eigenvalue weighted by molar-refractivity contribution is 0.169. The summed E-state index contributed by atoms with van der Waals surface area (Å²) in [5.41, 5.74) is 2.44. The smallest absolute Gasteiger partial charge is 0.208 e. The van der Waals surface area contributed by atoms with E-state index < -0.39 is 10.0 Å². The monoisotopic (exact) mass is 340 g/mol. The Morgan fingerprint density at radius 1 is 1.45 bits per heavy atom. The number of nitrogens with one attached hydrogen (secondary N) is 1. The first kappa shape index (κ1) is 15.7. The molecule has 22 heavy (non-hydrogen) atoms. The van der Waals surface area contributed by atoms with E-state index >= 15 is 0 Å². The fourth-order valence-electron chi connectivity index (χ4n) is 2.75. The summed E-state index contributed by atoms with van der Waals surface area (Å²) in [6.45, 7) is 5.02. The molecule has 2 aromatic heterocycles. The molecule has 3 rings (SSSR count). The second-order valence-corrected chi connectivity index (χ2v) is 8.57. The summed E-state index contributed by atoms with van der Waals surface area (Å²) in [4.78, 5) is 3.72. The Bertz CT molecular complexity index is 750. The first-order valence-corrected chi connectivity index (χ1v) is 9.92. The maximum atomic E-state index is 11.4. The minimum atomic E-state index is -3.19. The molecule has 0 fully saturated rings. The first-order chi connectivity index (χ1) is 10.4. The van der Waals surface area contributed by atoms with Crippen LogP contribution in [0.5, 0.6) is 0 Å². The summed E-state index contributed by atoms with van der Waals surface area (Å²) < 4.78 is 27.2. The van der Waals surface area contributed by atoms with E-state index in [0.717, 1.165) is 25.3 Å². The molecule has 0 bridgehead atoms. The molecule has 1 N–H and O–H groups in total. The molecule has 0 radical (unpaired) electrons. The fourth-order valence-corrected chi connectivity index (χ4v) is 4.20. The van der Waals surface area contributed by atoms with Gasteiger partial charge in [0.1, 0.15) is 0 Å². The Morgan fingerprint density at radius 3 is 2.95 bits per heavy atom. The van der Waals surface area contributed by atoms with Crippen molar-refractivity contribution in [1.82, 2.24) is 19.4 Å². The maximum absolute atomic E-state index is 11.4. The SMILES string of the molecule is Cc1ccsc1CN1Cc2ccnn2[C@@H](CNS(C)(=O)=O)C1. The van der Waals surface area contributed by atoms with Crippen LogP contribution in [0.3, 0.4) is 0 Å². The maximum Gasteiger partial charge on any atom is 0.208 e. The van der Waals surface area contributed by atoms with Gasteiger partial charge in [-0.15, -0.1) is 11.3 Å². The zero-order valence-corrected chi connectivity index (χ0v) is 14.3. The third-order valence-corrected chi connectivity index (χ3v) is 5.57. The quantitative estimate of drug-likeness (QED) is 0.892. The normalized spacial score (nSPS) is 19.3. The molecule has 120 valence electrons. The van der Waals surface area contributed by atoms with E-state index in [1.54, 1.807) is 17.5 Å². The number of thiophene rings is 1. The van der Waals surface area contributed by atoms with Crippen molar-refractivity contribution in [2.45, 2.75) is 26.1 Å². The topological polar surface area (TPSA) is 67.2 Å². The molecule has 0 aromatic carbocycles. The summed E-state index contributed by atoms with van der Waals surface area (Å²) >= 11 is 1.77. The highest BCUT2D eigenvalue weighted by molar-refractivity contribution is 7.88. The Balaban J connectivity index is 1.75. The van der Waals surface area contributed by atoms with Crippen LogP contribution < -0.4 is 4.72 Å². The lowest BCUT2D eigenvalue weighted by Gasteiger charge is -2.33. The van der Waals surface area contributed by atoms with Crippen LogP contribution in [0, 0.1) is 6.92 Å². The summed E-state index contributed by atoms with van der Waals surface area (Å²) in [6.07, 6.45) is 2.97. The molecule has 6 nitrogen and oxygen atoms in total. The second kappa shape index (κ2) is 6.11. The molecule has 8 heteroatoms. The molecule has 1 aliphatic rings. The number of hydrogen-bond acceptors (Lipinski definition) is 5. The zero-order valence-electron chi connectivity index (χ0n) is 12.7. The third-order valence-electron chi connectivity index (χ3n) is 3.87.